The Balaban J connectivity index is 1.91. The van der Waals surface area contributed by atoms with E-state index in [0.29, 0.717) is 30.8 Å². The van der Waals surface area contributed by atoms with Gasteiger partial charge in [-0.2, -0.15) is 0 Å². The van der Waals surface area contributed by atoms with Gasteiger partial charge in [-0.15, -0.1) is 0 Å². The molecule has 0 spiro atoms. The van der Waals surface area contributed by atoms with Crippen LogP contribution in [0.3, 0.4) is 0 Å². The second-order valence-corrected chi connectivity index (χ2v) is 6.67. The van der Waals surface area contributed by atoms with Crippen LogP contribution >= 0.6 is 0 Å². The standard InChI is InChI=1S/C20H30N4O2/c1-5-12-23(13-6-2)17(25)10-7-11-21-20(26)18-16(4)22-19-15(3)9-8-14-24(18)19/h8-9,14H,5-7,10-13H2,1-4H3,(H,21,26). The van der Waals surface area contributed by atoms with Gasteiger partial charge in [0.25, 0.3) is 5.91 Å². The van der Waals surface area contributed by atoms with Crippen molar-refractivity contribution >= 4 is 17.5 Å². The average molecular weight is 358 g/mol. The van der Waals surface area contributed by atoms with E-state index >= 15 is 0 Å². The summed E-state index contributed by atoms with van der Waals surface area (Å²) in [6, 6.07) is 3.89. The molecule has 142 valence electrons. The van der Waals surface area contributed by atoms with Crippen molar-refractivity contribution in [1.29, 1.82) is 0 Å². The lowest BCUT2D eigenvalue weighted by Crippen LogP contribution is -2.33. The van der Waals surface area contributed by atoms with E-state index in [2.05, 4.69) is 24.1 Å². The molecule has 1 N–H and O–H groups in total. The first-order valence-electron chi connectivity index (χ1n) is 9.49. The maximum Gasteiger partial charge on any atom is 0.270 e. The number of nitrogens with zero attached hydrogens (tertiary/aromatic N) is 3. The van der Waals surface area contributed by atoms with Crippen molar-refractivity contribution < 1.29 is 9.59 Å². The van der Waals surface area contributed by atoms with Gasteiger partial charge < -0.3 is 10.2 Å². The lowest BCUT2D eigenvalue weighted by atomic mass is 10.2. The van der Waals surface area contributed by atoms with Crippen molar-refractivity contribution in [3.8, 4) is 0 Å². The van der Waals surface area contributed by atoms with Gasteiger partial charge in [-0.25, -0.2) is 4.98 Å². The Labute approximate surface area is 155 Å². The molecular formula is C20H30N4O2. The topological polar surface area (TPSA) is 66.7 Å². The highest BCUT2D eigenvalue weighted by atomic mass is 16.2. The molecule has 26 heavy (non-hydrogen) atoms. The molecular weight excluding hydrogens is 328 g/mol. The monoisotopic (exact) mass is 358 g/mol. The molecule has 2 aromatic rings. The van der Waals surface area contributed by atoms with E-state index in [-0.39, 0.29) is 11.8 Å². The zero-order valence-electron chi connectivity index (χ0n) is 16.3. The Bertz CT molecular complexity index is 761. The molecule has 0 aliphatic heterocycles. The van der Waals surface area contributed by atoms with Crippen LogP contribution in [0.4, 0.5) is 0 Å². The second-order valence-electron chi connectivity index (χ2n) is 6.67. The third-order valence-corrected chi connectivity index (χ3v) is 4.43. The first kappa shape index (κ1) is 19.9. The normalized spacial score (nSPS) is 10.9. The van der Waals surface area contributed by atoms with Gasteiger partial charge in [-0.3, -0.25) is 14.0 Å². The summed E-state index contributed by atoms with van der Waals surface area (Å²) in [4.78, 5) is 31.2. The molecule has 0 fully saturated rings. The molecule has 0 radical (unpaired) electrons. The summed E-state index contributed by atoms with van der Waals surface area (Å²) >= 11 is 0. The van der Waals surface area contributed by atoms with Crippen molar-refractivity contribution in [2.24, 2.45) is 0 Å². The molecule has 0 aliphatic carbocycles. The summed E-state index contributed by atoms with van der Waals surface area (Å²) in [5.41, 5.74) is 3.12. The van der Waals surface area contributed by atoms with E-state index in [9.17, 15) is 9.59 Å². The van der Waals surface area contributed by atoms with Crippen LogP contribution in [0.2, 0.25) is 0 Å². The number of hydrogen-bond donors (Lipinski definition) is 1. The van der Waals surface area contributed by atoms with Gasteiger partial charge in [0.05, 0.1) is 5.69 Å². The molecule has 2 amide bonds. The highest BCUT2D eigenvalue weighted by Gasteiger charge is 2.17. The number of hydrogen-bond acceptors (Lipinski definition) is 3. The van der Waals surface area contributed by atoms with E-state index in [1.165, 1.54) is 0 Å². The van der Waals surface area contributed by atoms with E-state index in [4.69, 9.17) is 0 Å². The number of aryl methyl sites for hydroxylation is 2. The minimum Gasteiger partial charge on any atom is -0.351 e. The molecule has 2 rings (SSSR count). The van der Waals surface area contributed by atoms with E-state index in [0.717, 1.165) is 37.1 Å². The minimum atomic E-state index is -0.146. The fourth-order valence-corrected chi connectivity index (χ4v) is 3.18. The summed E-state index contributed by atoms with van der Waals surface area (Å²) < 4.78 is 1.83. The molecule has 6 heteroatoms. The van der Waals surface area contributed by atoms with Gasteiger partial charge in [-0.1, -0.05) is 19.9 Å². The van der Waals surface area contributed by atoms with Gasteiger partial charge in [0.2, 0.25) is 5.91 Å². The Morgan fingerprint density at radius 3 is 2.54 bits per heavy atom. The largest absolute Gasteiger partial charge is 0.351 e. The summed E-state index contributed by atoms with van der Waals surface area (Å²) in [5.74, 6) is 0.0246. The highest BCUT2D eigenvalue weighted by molar-refractivity contribution is 5.94. The van der Waals surface area contributed by atoms with Crippen molar-refractivity contribution in [3.05, 3.63) is 35.3 Å². The zero-order valence-corrected chi connectivity index (χ0v) is 16.3. The molecule has 0 saturated carbocycles. The molecule has 0 saturated heterocycles. The van der Waals surface area contributed by atoms with Gasteiger partial charge in [0, 0.05) is 32.3 Å². The third kappa shape index (κ3) is 4.62. The number of rotatable bonds is 9. The number of imidazole rings is 1. The van der Waals surface area contributed by atoms with Crippen LogP contribution in [0.5, 0.6) is 0 Å². The molecule has 0 aromatic carbocycles. The van der Waals surface area contributed by atoms with E-state index in [1.807, 2.05) is 41.5 Å². The first-order chi connectivity index (χ1) is 12.5. The first-order valence-corrected chi connectivity index (χ1v) is 9.49. The van der Waals surface area contributed by atoms with Crippen LogP contribution in [0.15, 0.2) is 18.3 Å². The van der Waals surface area contributed by atoms with Crippen LogP contribution in [0.25, 0.3) is 5.65 Å². The molecule has 0 bridgehead atoms. The molecule has 0 atom stereocenters. The zero-order chi connectivity index (χ0) is 19.1. The average Bonchev–Trinajstić information content (AvgIpc) is 2.95. The predicted octanol–water partition coefficient (Wildman–Crippen LogP) is 3.11. The van der Waals surface area contributed by atoms with Gasteiger partial charge in [-0.05, 0) is 44.7 Å². The summed E-state index contributed by atoms with van der Waals surface area (Å²) in [5, 5.41) is 2.93. The second kappa shape index (κ2) is 9.36. The van der Waals surface area contributed by atoms with Crippen molar-refractivity contribution in [2.75, 3.05) is 19.6 Å². The molecule has 0 unspecified atom stereocenters. The lowest BCUT2D eigenvalue weighted by Gasteiger charge is -2.21. The maximum absolute atomic E-state index is 12.6. The highest BCUT2D eigenvalue weighted by Crippen LogP contribution is 2.15. The number of pyridine rings is 1. The van der Waals surface area contributed by atoms with Crippen molar-refractivity contribution in [2.45, 2.75) is 53.4 Å². The third-order valence-electron chi connectivity index (χ3n) is 4.43. The van der Waals surface area contributed by atoms with Gasteiger partial charge in [0.1, 0.15) is 11.3 Å². The minimum absolute atomic E-state index is 0.146. The predicted molar refractivity (Wildman–Crippen MR) is 103 cm³/mol. The van der Waals surface area contributed by atoms with Gasteiger partial charge >= 0.3 is 0 Å². The Morgan fingerprint density at radius 2 is 1.88 bits per heavy atom. The number of fused-ring (bicyclic) bond motifs is 1. The van der Waals surface area contributed by atoms with Crippen LogP contribution in [0.1, 0.15) is 61.3 Å². The molecule has 0 aliphatic rings. The number of carbonyl (C=O) groups excluding carboxylic acids is 2. The Kier molecular flexibility index (Phi) is 7.18. The summed E-state index contributed by atoms with van der Waals surface area (Å²) in [6.45, 7) is 10.1. The summed E-state index contributed by atoms with van der Waals surface area (Å²) in [6.07, 6.45) is 4.90. The fraction of sp³-hybridized carbons (Fsp3) is 0.550. The lowest BCUT2D eigenvalue weighted by molar-refractivity contribution is -0.131. The van der Waals surface area contributed by atoms with E-state index < -0.39 is 0 Å². The van der Waals surface area contributed by atoms with Crippen molar-refractivity contribution in [3.63, 3.8) is 0 Å². The Morgan fingerprint density at radius 1 is 1.19 bits per heavy atom. The van der Waals surface area contributed by atoms with Crippen LogP contribution in [0, 0.1) is 13.8 Å². The van der Waals surface area contributed by atoms with Crippen LogP contribution in [-0.2, 0) is 4.79 Å². The SMILES string of the molecule is CCCN(CCC)C(=O)CCCNC(=O)c1c(C)nc2c(C)cccn12. The fourth-order valence-electron chi connectivity index (χ4n) is 3.18. The van der Waals surface area contributed by atoms with Gasteiger partial charge in [0.15, 0.2) is 0 Å². The number of nitrogens with one attached hydrogen (secondary N) is 1. The number of amides is 2. The smallest absolute Gasteiger partial charge is 0.270 e. The van der Waals surface area contributed by atoms with Crippen LogP contribution < -0.4 is 5.32 Å². The quantitative estimate of drug-likeness (QED) is 0.701. The van der Waals surface area contributed by atoms with E-state index in [1.54, 1.807) is 0 Å². The Hall–Kier alpha value is -2.37. The molecule has 6 nitrogen and oxygen atoms in total. The summed E-state index contributed by atoms with van der Waals surface area (Å²) in [7, 11) is 0. The molecule has 2 aromatic heterocycles. The molecule has 2 heterocycles. The number of aromatic nitrogens is 2. The van der Waals surface area contributed by atoms with Crippen molar-refractivity contribution in [1.82, 2.24) is 19.6 Å². The van der Waals surface area contributed by atoms with Crippen LogP contribution in [-0.4, -0.2) is 45.7 Å². The number of carbonyl (C=O) groups is 2. The maximum atomic E-state index is 12.6.